The lowest BCUT2D eigenvalue weighted by atomic mass is 10.1. The number of nitrogens with one attached hydrogen (secondary N) is 1. The summed E-state index contributed by atoms with van der Waals surface area (Å²) in [5.74, 6) is -0.0320. The van der Waals surface area contributed by atoms with E-state index in [1.54, 1.807) is 19.2 Å². The Hall–Kier alpha value is -2.08. The summed E-state index contributed by atoms with van der Waals surface area (Å²) in [5, 5.41) is 6.87. The molecule has 0 saturated carbocycles. The van der Waals surface area contributed by atoms with E-state index in [4.69, 9.17) is 17.3 Å². The van der Waals surface area contributed by atoms with Crippen molar-refractivity contribution < 1.29 is 4.79 Å². The second-order valence-electron chi connectivity index (χ2n) is 3.39. The monoisotopic (exact) mass is 251 g/mol. The maximum Gasteiger partial charge on any atom is 0.260 e. The fourth-order valence-electron chi connectivity index (χ4n) is 1.30. The predicted octanol–water partition coefficient (Wildman–Crippen LogP) is 1.30. The largest absolute Gasteiger partial charge is 0.398 e. The second-order valence-corrected chi connectivity index (χ2v) is 3.83. The van der Waals surface area contributed by atoms with E-state index in [2.05, 4.69) is 15.4 Å². The number of nitrogens with two attached hydrogens (primary N) is 1. The Morgan fingerprint density at radius 1 is 1.53 bits per heavy atom. The lowest BCUT2D eigenvalue weighted by Crippen LogP contribution is -2.16. The summed E-state index contributed by atoms with van der Waals surface area (Å²) in [5.41, 5.74) is 6.36. The number of aryl methyl sites for hydroxylation is 1. The lowest BCUT2D eigenvalue weighted by molar-refractivity contribution is 0.102. The Labute approximate surface area is 102 Å². The third kappa shape index (κ3) is 2.36. The van der Waals surface area contributed by atoms with Gasteiger partial charge in [-0.2, -0.15) is 10.1 Å². The number of benzene rings is 1. The number of nitrogen functional groups attached to an aromatic ring is 1. The van der Waals surface area contributed by atoms with Crippen LogP contribution in [0.2, 0.25) is 5.02 Å². The number of carbonyl (C=O) groups excluding carboxylic acids is 1. The number of halogens is 1. The first-order chi connectivity index (χ1) is 8.08. The Balaban J connectivity index is 2.26. The minimum Gasteiger partial charge on any atom is -0.398 e. The number of rotatable bonds is 2. The van der Waals surface area contributed by atoms with Crippen LogP contribution in [0.4, 0.5) is 11.6 Å². The quantitative estimate of drug-likeness (QED) is 0.788. The van der Waals surface area contributed by atoms with E-state index in [1.165, 1.54) is 17.1 Å². The SMILES string of the molecule is Cn1ncnc1NC(=O)c1cc(Cl)ccc1N. The molecule has 1 aromatic heterocycles. The summed E-state index contributed by atoms with van der Waals surface area (Å²) in [6.07, 6.45) is 1.34. The average Bonchev–Trinajstić information content (AvgIpc) is 2.68. The zero-order valence-corrected chi connectivity index (χ0v) is 9.77. The van der Waals surface area contributed by atoms with Crippen molar-refractivity contribution >= 4 is 29.1 Å². The zero-order valence-electron chi connectivity index (χ0n) is 9.01. The van der Waals surface area contributed by atoms with E-state index in [-0.39, 0.29) is 5.91 Å². The Morgan fingerprint density at radius 3 is 2.94 bits per heavy atom. The molecule has 88 valence electrons. The molecule has 17 heavy (non-hydrogen) atoms. The molecule has 1 heterocycles. The smallest absolute Gasteiger partial charge is 0.260 e. The number of hydrogen-bond acceptors (Lipinski definition) is 4. The van der Waals surface area contributed by atoms with Gasteiger partial charge < -0.3 is 5.73 Å². The van der Waals surface area contributed by atoms with Crippen LogP contribution in [0, 0.1) is 0 Å². The van der Waals surface area contributed by atoms with Crippen molar-refractivity contribution in [1.29, 1.82) is 0 Å². The number of aromatic nitrogens is 3. The fourth-order valence-corrected chi connectivity index (χ4v) is 1.48. The first-order valence-corrected chi connectivity index (χ1v) is 5.16. The molecular weight excluding hydrogens is 242 g/mol. The van der Waals surface area contributed by atoms with Crippen molar-refractivity contribution in [2.24, 2.45) is 7.05 Å². The van der Waals surface area contributed by atoms with E-state index in [0.29, 0.717) is 22.2 Å². The van der Waals surface area contributed by atoms with Gasteiger partial charge in [0.2, 0.25) is 5.95 Å². The summed E-state index contributed by atoms with van der Waals surface area (Å²) >= 11 is 5.81. The zero-order chi connectivity index (χ0) is 12.4. The van der Waals surface area contributed by atoms with Crippen molar-refractivity contribution in [1.82, 2.24) is 14.8 Å². The Morgan fingerprint density at radius 2 is 2.29 bits per heavy atom. The number of amides is 1. The van der Waals surface area contributed by atoms with Crippen LogP contribution < -0.4 is 11.1 Å². The van der Waals surface area contributed by atoms with Crippen LogP contribution >= 0.6 is 11.6 Å². The van der Waals surface area contributed by atoms with Crippen LogP contribution in [0.5, 0.6) is 0 Å². The highest BCUT2D eigenvalue weighted by molar-refractivity contribution is 6.31. The van der Waals surface area contributed by atoms with Gasteiger partial charge in [-0.3, -0.25) is 10.1 Å². The summed E-state index contributed by atoms with van der Waals surface area (Å²) in [4.78, 5) is 15.8. The molecule has 3 N–H and O–H groups in total. The van der Waals surface area contributed by atoms with Crippen LogP contribution in [-0.4, -0.2) is 20.7 Å². The normalized spacial score (nSPS) is 10.2. The van der Waals surface area contributed by atoms with E-state index < -0.39 is 0 Å². The predicted molar refractivity (Wildman–Crippen MR) is 64.8 cm³/mol. The van der Waals surface area contributed by atoms with Gasteiger partial charge in [0.15, 0.2) is 0 Å². The number of nitrogens with zero attached hydrogens (tertiary/aromatic N) is 3. The van der Waals surface area contributed by atoms with Crippen LogP contribution in [0.15, 0.2) is 24.5 Å². The molecule has 0 unspecified atom stereocenters. The maximum atomic E-state index is 11.9. The van der Waals surface area contributed by atoms with Crippen molar-refractivity contribution in [3.63, 3.8) is 0 Å². The summed E-state index contributed by atoms with van der Waals surface area (Å²) in [6.45, 7) is 0. The minimum atomic E-state index is -0.374. The highest BCUT2D eigenvalue weighted by Crippen LogP contribution is 2.18. The lowest BCUT2D eigenvalue weighted by Gasteiger charge is -2.06. The molecule has 7 heteroatoms. The molecule has 0 aliphatic heterocycles. The van der Waals surface area contributed by atoms with Gasteiger partial charge in [0.25, 0.3) is 5.91 Å². The van der Waals surface area contributed by atoms with Crippen LogP contribution in [0.3, 0.4) is 0 Å². The molecule has 0 aliphatic carbocycles. The topological polar surface area (TPSA) is 85.8 Å². The second kappa shape index (κ2) is 4.42. The van der Waals surface area contributed by atoms with Gasteiger partial charge in [0.05, 0.1) is 5.56 Å². The molecule has 0 aliphatic rings. The fraction of sp³-hybridized carbons (Fsp3) is 0.100. The summed E-state index contributed by atoms with van der Waals surface area (Å²) in [7, 11) is 1.67. The molecule has 1 amide bonds. The van der Waals surface area contributed by atoms with Gasteiger partial charge in [-0.1, -0.05) is 11.6 Å². The van der Waals surface area contributed by atoms with Gasteiger partial charge in [-0.05, 0) is 18.2 Å². The third-order valence-electron chi connectivity index (χ3n) is 2.20. The Bertz CT molecular complexity index is 566. The van der Waals surface area contributed by atoms with Crippen LogP contribution in [0.25, 0.3) is 0 Å². The molecule has 0 atom stereocenters. The average molecular weight is 252 g/mol. The van der Waals surface area contributed by atoms with Crippen molar-refractivity contribution in [2.75, 3.05) is 11.1 Å². The molecule has 0 bridgehead atoms. The highest BCUT2D eigenvalue weighted by Gasteiger charge is 2.12. The van der Waals surface area contributed by atoms with E-state index in [9.17, 15) is 4.79 Å². The molecular formula is C10H10ClN5O. The molecule has 2 aromatic rings. The van der Waals surface area contributed by atoms with Crippen molar-refractivity contribution in [2.45, 2.75) is 0 Å². The molecule has 0 spiro atoms. The van der Waals surface area contributed by atoms with Gasteiger partial charge >= 0.3 is 0 Å². The summed E-state index contributed by atoms with van der Waals surface area (Å²) in [6, 6.07) is 4.70. The molecule has 0 radical (unpaired) electrons. The van der Waals surface area contributed by atoms with E-state index >= 15 is 0 Å². The number of carbonyl (C=O) groups is 1. The third-order valence-corrected chi connectivity index (χ3v) is 2.43. The van der Waals surface area contributed by atoms with Crippen LogP contribution in [-0.2, 0) is 7.05 Å². The standard InChI is InChI=1S/C10H10ClN5O/c1-16-10(13-5-14-16)15-9(17)7-4-6(11)2-3-8(7)12/h2-5H,12H2,1H3,(H,13,14,15,17). The number of anilines is 2. The van der Waals surface area contributed by atoms with E-state index in [0.717, 1.165) is 0 Å². The van der Waals surface area contributed by atoms with Gasteiger partial charge in [-0.15, -0.1) is 0 Å². The first-order valence-electron chi connectivity index (χ1n) is 4.78. The molecule has 0 saturated heterocycles. The van der Waals surface area contributed by atoms with Crippen molar-refractivity contribution in [3.05, 3.63) is 35.1 Å². The van der Waals surface area contributed by atoms with Crippen LogP contribution in [0.1, 0.15) is 10.4 Å². The summed E-state index contributed by atoms with van der Waals surface area (Å²) < 4.78 is 1.44. The van der Waals surface area contributed by atoms with Gasteiger partial charge in [0, 0.05) is 17.8 Å². The molecule has 1 aromatic carbocycles. The molecule has 6 nitrogen and oxygen atoms in total. The first kappa shape index (κ1) is 11.4. The molecule has 2 rings (SSSR count). The number of hydrogen-bond donors (Lipinski definition) is 2. The minimum absolute atomic E-state index is 0.306. The molecule has 0 fully saturated rings. The van der Waals surface area contributed by atoms with Gasteiger partial charge in [0.1, 0.15) is 6.33 Å². The Kier molecular flexibility index (Phi) is 2.97. The highest BCUT2D eigenvalue weighted by atomic mass is 35.5. The maximum absolute atomic E-state index is 11.9. The van der Waals surface area contributed by atoms with Crippen molar-refractivity contribution in [3.8, 4) is 0 Å². The van der Waals surface area contributed by atoms with E-state index in [1.807, 2.05) is 0 Å². The van der Waals surface area contributed by atoms with Gasteiger partial charge in [-0.25, -0.2) is 4.68 Å².